The normalized spacial score (nSPS) is 11.7. The summed E-state index contributed by atoms with van der Waals surface area (Å²) >= 11 is 6.01. The van der Waals surface area contributed by atoms with Crippen LogP contribution in [0.15, 0.2) is 42.5 Å². The molecule has 0 aromatic heterocycles. The van der Waals surface area contributed by atoms with Crippen LogP contribution in [-0.4, -0.2) is 19.1 Å². The maximum atomic E-state index is 12.4. The van der Waals surface area contributed by atoms with Crippen LogP contribution in [0.3, 0.4) is 0 Å². The molecule has 0 aliphatic rings. The maximum absolute atomic E-state index is 12.4. The fourth-order valence-electron chi connectivity index (χ4n) is 2.32. The predicted molar refractivity (Wildman–Crippen MR) is 95.7 cm³/mol. The molecule has 0 heterocycles. The summed E-state index contributed by atoms with van der Waals surface area (Å²) < 4.78 is 11.1. The van der Waals surface area contributed by atoms with Gasteiger partial charge in [-0.1, -0.05) is 36.7 Å². The van der Waals surface area contributed by atoms with Gasteiger partial charge in [-0.3, -0.25) is 4.79 Å². The highest BCUT2D eigenvalue weighted by atomic mass is 35.5. The highest BCUT2D eigenvalue weighted by Gasteiger charge is 2.18. The Labute approximate surface area is 147 Å². The molecule has 2 aromatic carbocycles. The Hall–Kier alpha value is -2.20. The van der Waals surface area contributed by atoms with Crippen LogP contribution in [0.2, 0.25) is 5.02 Å². The lowest BCUT2D eigenvalue weighted by atomic mass is 10.2. The van der Waals surface area contributed by atoms with Crippen molar-refractivity contribution < 1.29 is 14.3 Å². The number of nitrogens with one attached hydrogen (secondary N) is 1. The van der Waals surface area contributed by atoms with E-state index >= 15 is 0 Å². The highest BCUT2D eigenvalue weighted by molar-refractivity contribution is 6.31. The van der Waals surface area contributed by atoms with Gasteiger partial charge >= 0.3 is 0 Å². The van der Waals surface area contributed by atoms with E-state index in [1.807, 2.05) is 44.2 Å². The van der Waals surface area contributed by atoms with E-state index in [2.05, 4.69) is 5.32 Å². The van der Waals surface area contributed by atoms with E-state index in [-0.39, 0.29) is 5.91 Å². The Balaban J connectivity index is 1.99. The van der Waals surface area contributed by atoms with Crippen molar-refractivity contribution in [2.75, 3.05) is 7.11 Å². The third kappa shape index (κ3) is 4.65. The van der Waals surface area contributed by atoms with Gasteiger partial charge in [0, 0.05) is 17.1 Å². The third-order valence-corrected chi connectivity index (χ3v) is 4.14. The third-order valence-electron chi connectivity index (χ3n) is 3.72. The topological polar surface area (TPSA) is 47.6 Å². The number of amides is 1. The number of rotatable bonds is 7. The molecular formula is C19H22ClNO3. The zero-order chi connectivity index (χ0) is 17.5. The summed E-state index contributed by atoms with van der Waals surface area (Å²) in [5.41, 5.74) is 1.84. The summed E-state index contributed by atoms with van der Waals surface area (Å²) in [7, 11) is 1.61. The monoisotopic (exact) mass is 347 g/mol. The van der Waals surface area contributed by atoms with E-state index in [0.717, 1.165) is 16.9 Å². The fourth-order valence-corrected chi connectivity index (χ4v) is 2.44. The van der Waals surface area contributed by atoms with Gasteiger partial charge in [0.25, 0.3) is 5.91 Å². The molecule has 0 aliphatic carbocycles. The van der Waals surface area contributed by atoms with Gasteiger partial charge in [-0.15, -0.1) is 0 Å². The summed E-state index contributed by atoms with van der Waals surface area (Å²) in [5.74, 6) is 1.23. The van der Waals surface area contributed by atoms with E-state index < -0.39 is 6.10 Å². The van der Waals surface area contributed by atoms with Crippen molar-refractivity contribution in [2.24, 2.45) is 0 Å². The van der Waals surface area contributed by atoms with Crippen molar-refractivity contribution in [1.82, 2.24) is 5.32 Å². The van der Waals surface area contributed by atoms with Gasteiger partial charge in [-0.25, -0.2) is 0 Å². The van der Waals surface area contributed by atoms with Crippen LogP contribution >= 0.6 is 11.6 Å². The number of ether oxygens (including phenoxy) is 2. The first-order valence-corrected chi connectivity index (χ1v) is 8.25. The predicted octanol–water partition coefficient (Wildman–Crippen LogP) is 4.13. The van der Waals surface area contributed by atoms with Gasteiger partial charge in [0.05, 0.1) is 7.11 Å². The average Bonchev–Trinajstić information content (AvgIpc) is 2.60. The zero-order valence-electron chi connectivity index (χ0n) is 14.1. The zero-order valence-corrected chi connectivity index (χ0v) is 14.9. The smallest absolute Gasteiger partial charge is 0.261 e. The molecule has 0 bridgehead atoms. The van der Waals surface area contributed by atoms with Crippen LogP contribution in [0.25, 0.3) is 0 Å². The SMILES string of the molecule is CCC(Oc1ccc(Cl)c(C)c1)C(=O)NCc1ccccc1OC. The molecule has 0 aliphatic heterocycles. The van der Waals surface area contributed by atoms with Crippen molar-refractivity contribution in [2.45, 2.75) is 32.9 Å². The van der Waals surface area contributed by atoms with E-state index in [4.69, 9.17) is 21.1 Å². The van der Waals surface area contributed by atoms with Crippen molar-refractivity contribution in [3.8, 4) is 11.5 Å². The summed E-state index contributed by atoms with van der Waals surface area (Å²) in [6.07, 6.45) is 0.0136. The van der Waals surface area contributed by atoms with E-state index in [0.29, 0.717) is 23.7 Å². The van der Waals surface area contributed by atoms with Crippen LogP contribution in [0.5, 0.6) is 11.5 Å². The van der Waals surface area contributed by atoms with Gasteiger partial charge in [-0.05, 0) is 43.2 Å². The molecule has 2 aromatic rings. The van der Waals surface area contributed by atoms with Crippen molar-refractivity contribution in [1.29, 1.82) is 0 Å². The molecule has 2 rings (SSSR count). The molecule has 24 heavy (non-hydrogen) atoms. The van der Waals surface area contributed by atoms with Gasteiger partial charge in [-0.2, -0.15) is 0 Å². The average molecular weight is 348 g/mol. The molecule has 1 amide bonds. The number of benzene rings is 2. The Kier molecular flexibility index (Phi) is 6.50. The number of hydrogen-bond acceptors (Lipinski definition) is 3. The minimum atomic E-state index is -0.555. The lowest BCUT2D eigenvalue weighted by molar-refractivity contribution is -0.128. The molecule has 0 radical (unpaired) electrons. The lowest BCUT2D eigenvalue weighted by Gasteiger charge is -2.18. The molecule has 1 N–H and O–H groups in total. The number of methoxy groups -OCH3 is 1. The van der Waals surface area contributed by atoms with Crippen molar-refractivity contribution in [3.63, 3.8) is 0 Å². The maximum Gasteiger partial charge on any atom is 0.261 e. The number of aryl methyl sites for hydroxylation is 1. The Morgan fingerprint density at radius 2 is 2.00 bits per heavy atom. The molecule has 5 heteroatoms. The standard InChI is InChI=1S/C19H22ClNO3/c1-4-17(24-15-9-10-16(20)13(2)11-15)19(22)21-12-14-7-5-6-8-18(14)23-3/h5-11,17H,4,12H2,1-3H3,(H,21,22). The summed E-state index contributed by atoms with van der Waals surface area (Å²) in [6, 6.07) is 13.0. The molecule has 0 spiro atoms. The van der Waals surface area contributed by atoms with Crippen LogP contribution in [0.1, 0.15) is 24.5 Å². The first-order valence-electron chi connectivity index (χ1n) is 7.87. The van der Waals surface area contributed by atoms with Crippen LogP contribution in [0.4, 0.5) is 0 Å². The van der Waals surface area contributed by atoms with Crippen LogP contribution in [0, 0.1) is 6.92 Å². The summed E-state index contributed by atoms with van der Waals surface area (Å²) in [6.45, 7) is 4.20. The molecule has 1 atom stereocenters. The molecule has 1 unspecified atom stereocenters. The number of carbonyl (C=O) groups is 1. The second kappa shape index (κ2) is 8.60. The Bertz CT molecular complexity index is 703. The first-order chi connectivity index (χ1) is 11.5. The molecule has 4 nitrogen and oxygen atoms in total. The second-order valence-corrected chi connectivity index (χ2v) is 5.86. The van der Waals surface area contributed by atoms with E-state index in [1.165, 1.54) is 0 Å². The molecule has 0 saturated heterocycles. The minimum Gasteiger partial charge on any atom is -0.496 e. The van der Waals surface area contributed by atoms with Crippen molar-refractivity contribution >= 4 is 17.5 Å². The summed E-state index contributed by atoms with van der Waals surface area (Å²) in [4.78, 5) is 12.4. The molecule has 128 valence electrons. The van der Waals surface area contributed by atoms with E-state index in [9.17, 15) is 4.79 Å². The van der Waals surface area contributed by atoms with E-state index in [1.54, 1.807) is 19.2 Å². The van der Waals surface area contributed by atoms with Crippen LogP contribution in [-0.2, 0) is 11.3 Å². The van der Waals surface area contributed by atoms with Gasteiger partial charge in [0.1, 0.15) is 11.5 Å². The van der Waals surface area contributed by atoms with Gasteiger partial charge < -0.3 is 14.8 Å². The number of carbonyl (C=O) groups excluding carboxylic acids is 1. The minimum absolute atomic E-state index is 0.156. The first kappa shape index (κ1) is 18.1. The molecule has 0 fully saturated rings. The number of para-hydroxylation sites is 1. The fraction of sp³-hybridized carbons (Fsp3) is 0.316. The quantitative estimate of drug-likeness (QED) is 0.819. The Morgan fingerprint density at radius 1 is 1.25 bits per heavy atom. The highest BCUT2D eigenvalue weighted by Crippen LogP contribution is 2.22. The number of halogens is 1. The molecular weight excluding hydrogens is 326 g/mol. The van der Waals surface area contributed by atoms with Crippen LogP contribution < -0.4 is 14.8 Å². The van der Waals surface area contributed by atoms with Gasteiger partial charge in [0.2, 0.25) is 0 Å². The second-order valence-electron chi connectivity index (χ2n) is 5.46. The molecule has 0 saturated carbocycles. The lowest BCUT2D eigenvalue weighted by Crippen LogP contribution is -2.37. The number of hydrogen-bond donors (Lipinski definition) is 1. The Morgan fingerprint density at radius 3 is 2.67 bits per heavy atom. The van der Waals surface area contributed by atoms with Crippen molar-refractivity contribution in [3.05, 3.63) is 58.6 Å². The summed E-state index contributed by atoms with van der Waals surface area (Å²) in [5, 5.41) is 3.58. The van der Waals surface area contributed by atoms with Gasteiger partial charge in [0.15, 0.2) is 6.10 Å². The largest absolute Gasteiger partial charge is 0.496 e.